The van der Waals surface area contributed by atoms with Crippen LogP contribution in [-0.4, -0.2) is 55.0 Å². The molecule has 20 heavy (non-hydrogen) atoms. The third kappa shape index (κ3) is 9.81. The molecule has 0 heterocycles. The van der Waals surface area contributed by atoms with Crippen molar-refractivity contribution in [1.82, 2.24) is 9.80 Å². The van der Waals surface area contributed by atoms with Gasteiger partial charge < -0.3 is 15.5 Å². The normalized spacial score (nSPS) is 11.8. The molecule has 0 aromatic heterocycles. The molecule has 1 unspecified atom stereocenters. The highest BCUT2D eigenvalue weighted by Crippen LogP contribution is 2.06. The van der Waals surface area contributed by atoms with Crippen molar-refractivity contribution in [2.45, 2.75) is 34.6 Å². The minimum Gasteiger partial charge on any atom is -0.341 e. The van der Waals surface area contributed by atoms with Crippen LogP contribution in [0.15, 0.2) is 0 Å². The van der Waals surface area contributed by atoms with Crippen LogP contribution in [0.3, 0.4) is 0 Å². The number of hydrogen-bond donors (Lipinski definition) is 1. The second kappa shape index (κ2) is 13.9. The van der Waals surface area contributed by atoms with Crippen LogP contribution in [0, 0.1) is 11.8 Å². The molecule has 4 nitrogen and oxygen atoms in total. The fourth-order valence-electron chi connectivity index (χ4n) is 1.95. The molecule has 1 atom stereocenters. The second-order valence-corrected chi connectivity index (χ2v) is 5.34. The summed E-state index contributed by atoms with van der Waals surface area (Å²) in [6, 6.07) is 0. The number of likely N-dealkylation sites (N-methyl/N-ethyl adjacent to an activating group) is 1. The van der Waals surface area contributed by atoms with Gasteiger partial charge in [-0.05, 0) is 19.0 Å². The minimum absolute atomic E-state index is 0. The van der Waals surface area contributed by atoms with E-state index in [1.54, 1.807) is 0 Å². The number of carbonyl (C=O) groups excluding carboxylic acids is 1. The first-order valence-corrected chi connectivity index (χ1v) is 7.17. The third-order valence-electron chi connectivity index (χ3n) is 3.25. The van der Waals surface area contributed by atoms with Crippen molar-refractivity contribution in [1.29, 1.82) is 0 Å². The van der Waals surface area contributed by atoms with E-state index in [2.05, 4.69) is 32.6 Å². The lowest BCUT2D eigenvalue weighted by molar-refractivity contribution is -0.135. The number of hydrogen-bond acceptors (Lipinski definition) is 3. The van der Waals surface area contributed by atoms with Crippen LogP contribution in [0.1, 0.15) is 34.6 Å². The predicted molar refractivity (Wildman–Crippen MR) is 91.9 cm³/mol. The predicted octanol–water partition coefficient (Wildman–Crippen LogP) is 2.25. The fraction of sp³-hybridized carbons (Fsp3) is 0.929. The Balaban J connectivity index is -0.00000144. The lowest BCUT2D eigenvalue weighted by Crippen LogP contribution is -2.44. The topological polar surface area (TPSA) is 49.6 Å². The Morgan fingerprint density at radius 3 is 1.90 bits per heavy atom. The van der Waals surface area contributed by atoms with Gasteiger partial charge in [-0.1, -0.05) is 34.6 Å². The quantitative estimate of drug-likeness (QED) is 0.705. The number of amides is 1. The summed E-state index contributed by atoms with van der Waals surface area (Å²) in [5.74, 6) is 0.620. The van der Waals surface area contributed by atoms with Crippen LogP contribution in [-0.2, 0) is 4.79 Å². The summed E-state index contributed by atoms with van der Waals surface area (Å²) in [5, 5.41) is 0. The van der Waals surface area contributed by atoms with Crippen LogP contribution in [0.5, 0.6) is 0 Å². The van der Waals surface area contributed by atoms with Crippen LogP contribution >= 0.6 is 24.8 Å². The molecule has 0 aliphatic carbocycles. The van der Waals surface area contributed by atoms with Crippen molar-refractivity contribution < 1.29 is 4.79 Å². The first kappa shape index (κ1) is 25.0. The number of rotatable bonds is 9. The highest BCUT2D eigenvalue weighted by Gasteiger charge is 2.20. The van der Waals surface area contributed by atoms with E-state index >= 15 is 0 Å². The van der Waals surface area contributed by atoms with E-state index in [-0.39, 0.29) is 36.6 Å². The molecule has 6 heteroatoms. The molecule has 0 bridgehead atoms. The first-order valence-electron chi connectivity index (χ1n) is 7.17. The van der Waals surface area contributed by atoms with Gasteiger partial charge in [-0.3, -0.25) is 4.79 Å². The first-order chi connectivity index (χ1) is 8.46. The molecule has 0 spiro atoms. The average Bonchev–Trinajstić information content (AvgIpc) is 2.36. The van der Waals surface area contributed by atoms with E-state index in [9.17, 15) is 4.79 Å². The molecule has 0 aromatic rings. The molecule has 0 aromatic carbocycles. The maximum atomic E-state index is 12.2. The molecular weight excluding hydrogens is 297 g/mol. The number of carbonyl (C=O) groups is 1. The van der Waals surface area contributed by atoms with Crippen LogP contribution in [0.25, 0.3) is 0 Å². The standard InChI is InChI=1S/C14H31N3O.2ClH/c1-6-16(7-2)8-9-17(11-12(3)4)14(18)13(5)10-15;;/h12-13H,6-11,15H2,1-5H3;2*1H. The van der Waals surface area contributed by atoms with Gasteiger partial charge in [0.25, 0.3) is 0 Å². The van der Waals surface area contributed by atoms with E-state index in [0.717, 1.165) is 32.7 Å². The van der Waals surface area contributed by atoms with Gasteiger partial charge in [-0.25, -0.2) is 0 Å². The lowest BCUT2D eigenvalue weighted by Gasteiger charge is -2.29. The summed E-state index contributed by atoms with van der Waals surface area (Å²) >= 11 is 0. The summed E-state index contributed by atoms with van der Waals surface area (Å²) in [4.78, 5) is 16.5. The highest BCUT2D eigenvalue weighted by atomic mass is 35.5. The fourth-order valence-corrected chi connectivity index (χ4v) is 1.95. The van der Waals surface area contributed by atoms with Gasteiger partial charge in [-0.15, -0.1) is 24.8 Å². The Hall–Kier alpha value is -0.0300. The zero-order chi connectivity index (χ0) is 14.1. The maximum Gasteiger partial charge on any atom is 0.226 e. The van der Waals surface area contributed by atoms with Crippen LogP contribution in [0.2, 0.25) is 0 Å². The van der Waals surface area contributed by atoms with Crippen molar-refractivity contribution in [2.75, 3.05) is 39.3 Å². The Bertz CT molecular complexity index is 236. The molecule has 0 fully saturated rings. The van der Waals surface area contributed by atoms with Crippen LogP contribution in [0.4, 0.5) is 0 Å². The van der Waals surface area contributed by atoms with E-state index in [0.29, 0.717) is 12.5 Å². The van der Waals surface area contributed by atoms with E-state index < -0.39 is 0 Å². The monoisotopic (exact) mass is 329 g/mol. The van der Waals surface area contributed by atoms with Gasteiger partial charge in [-0.2, -0.15) is 0 Å². The largest absolute Gasteiger partial charge is 0.341 e. The molecule has 0 aliphatic rings. The summed E-state index contributed by atoms with van der Waals surface area (Å²) in [5.41, 5.74) is 5.59. The SMILES string of the molecule is CCN(CC)CCN(CC(C)C)C(=O)C(C)CN.Cl.Cl. The van der Waals surface area contributed by atoms with Gasteiger partial charge in [0.15, 0.2) is 0 Å². The van der Waals surface area contributed by atoms with E-state index in [1.165, 1.54) is 0 Å². The van der Waals surface area contributed by atoms with Crippen molar-refractivity contribution in [2.24, 2.45) is 17.6 Å². The second-order valence-electron chi connectivity index (χ2n) is 5.34. The van der Waals surface area contributed by atoms with Gasteiger partial charge in [0, 0.05) is 32.1 Å². The molecule has 124 valence electrons. The van der Waals surface area contributed by atoms with Crippen molar-refractivity contribution >= 4 is 30.7 Å². The molecule has 0 saturated carbocycles. The third-order valence-corrected chi connectivity index (χ3v) is 3.25. The Morgan fingerprint density at radius 2 is 1.55 bits per heavy atom. The van der Waals surface area contributed by atoms with Gasteiger partial charge in [0.2, 0.25) is 5.91 Å². The van der Waals surface area contributed by atoms with Crippen molar-refractivity contribution in [3.8, 4) is 0 Å². The summed E-state index contributed by atoms with van der Waals surface area (Å²) in [6.07, 6.45) is 0. The average molecular weight is 330 g/mol. The van der Waals surface area contributed by atoms with Crippen molar-refractivity contribution in [3.63, 3.8) is 0 Å². The van der Waals surface area contributed by atoms with Gasteiger partial charge >= 0.3 is 0 Å². The van der Waals surface area contributed by atoms with E-state index in [1.807, 2.05) is 11.8 Å². The molecule has 0 aliphatic heterocycles. The molecule has 1 amide bonds. The number of halogens is 2. The zero-order valence-electron chi connectivity index (χ0n) is 13.6. The summed E-state index contributed by atoms with van der Waals surface area (Å²) in [7, 11) is 0. The van der Waals surface area contributed by atoms with Crippen LogP contribution < -0.4 is 5.73 Å². The van der Waals surface area contributed by atoms with E-state index in [4.69, 9.17) is 5.73 Å². The van der Waals surface area contributed by atoms with Gasteiger partial charge in [0.05, 0.1) is 0 Å². The molecule has 0 radical (unpaired) electrons. The smallest absolute Gasteiger partial charge is 0.226 e. The summed E-state index contributed by atoms with van der Waals surface area (Å²) in [6.45, 7) is 15.6. The molecule has 2 N–H and O–H groups in total. The number of nitrogens with zero attached hydrogens (tertiary/aromatic N) is 2. The molecular formula is C14H33Cl2N3O. The number of nitrogens with two attached hydrogens (primary N) is 1. The lowest BCUT2D eigenvalue weighted by atomic mass is 10.1. The summed E-state index contributed by atoms with van der Waals surface area (Å²) < 4.78 is 0. The Morgan fingerprint density at radius 1 is 1.05 bits per heavy atom. The molecule has 0 saturated heterocycles. The molecule has 0 rings (SSSR count). The van der Waals surface area contributed by atoms with Gasteiger partial charge in [0.1, 0.15) is 0 Å². The highest BCUT2D eigenvalue weighted by molar-refractivity contribution is 5.85. The van der Waals surface area contributed by atoms with Crippen molar-refractivity contribution in [3.05, 3.63) is 0 Å². The Labute approximate surface area is 137 Å². The maximum absolute atomic E-state index is 12.2. The zero-order valence-corrected chi connectivity index (χ0v) is 15.2. The minimum atomic E-state index is -0.0690. The Kier molecular flexibility index (Phi) is 17.4.